The zero-order valence-electron chi connectivity index (χ0n) is 12.1. The molecule has 3 N–H and O–H groups in total. The van der Waals surface area contributed by atoms with Gasteiger partial charge in [-0.05, 0) is 31.2 Å². The van der Waals surface area contributed by atoms with Gasteiger partial charge in [0.05, 0.1) is 22.6 Å². The molecule has 0 fully saturated rings. The lowest BCUT2D eigenvalue weighted by Gasteiger charge is -2.11. The second kappa shape index (κ2) is 6.03. The molecule has 5 nitrogen and oxygen atoms in total. The SMILES string of the molecule is Cc1ccn(-c2ccccc2NCc2cc(C(N)=O)cs2)n1. The molecule has 6 heteroatoms. The van der Waals surface area contributed by atoms with Gasteiger partial charge in [-0.1, -0.05) is 12.1 Å². The quantitative estimate of drug-likeness (QED) is 0.761. The number of thiophene rings is 1. The summed E-state index contributed by atoms with van der Waals surface area (Å²) in [5, 5.41) is 9.61. The average molecular weight is 312 g/mol. The third kappa shape index (κ3) is 3.01. The molecule has 112 valence electrons. The maximum absolute atomic E-state index is 11.1. The van der Waals surface area contributed by atoms with Crippen LogP contribution in [0.3, 0.4) is 0 Å². The maximum Gasteiger partial charge on any atom is 0.249 e. The molecule has 22 heavy (non-hydrogen) atoms. The number of nitrogens with zero attached hydrogens (tertiary/aromatic N) is 2. The van der Waals surface area contributed by atoms with Crippen LogP contribution in [0.25, 0.3) is 5.69 Å². The van der Waals surface area contributed by atoms with E-state index in [-0.39, 0.29) is 0 Å². The molecule has 2 heterocycles. The molecule has 3 rings (SSSR count). The minimum absolute atomic E-state index is 0.394. The van der Waals surface area contributed by atoms with Crippen molar-refractivity contribution in [1.82, 2.24) is 9.78 Å². The van der Waals surface area contributed by atoms with E-state index >= 15 is 0 Å². The summed E-state index contributed by atoms with van der Waals surface area (Å²) in [5.74, 6) is -0.394. The Kier molecular flexibility index (Phi) is 3.93. The number of carbonyl (C=O) groups excluding carboxylic acids is 1. The highest BCUT2D eigenvalue weighted by Crippen LogP contribution is 2.22. The van der Waals surface area contributed by atoms with Gasteiger partial charge in [-0.15, -0.1) is 11.3 Å². The lowest BCUT2D eigenvalue weighted by atomic mass is 10.2. The molecule has 0 spiro atoms. The predicted octanol–water partition coefficient (Wildman–Crippen LogP) is 2.95. The van der Waals surface area contributed by atoms with Gasteiger partial charge in [-0.3, -0.25) is 4.79 Å². The van der Waals surface area contributed by atoms with E-state index in [0.29, 0.717) is 12.1 Å². The fourth-order valence-corrected chi connectivity index (χ4v) is 2.97. The fraction of sp³-hybridized carbons (Fsp3) is 0.125. The van der Waals surface area contributed by atoms with Crippen LogP contribution < -0.4 is 11.1 Å². The van der Waals surface area contributed by atoms with Gasteiger partial charge in [0.25, 0.3) is 0 Å². The number of primary amides is 1. The van der Waals surface area contributed by atoms with Crippen molar-refractivity contribution in [1.29, 1.82) is 0 Å². The van der Waals surface area contributed by atoms with Gasteiger partial charge in [-0.2, -0.15) is 5.10 Å². The summed E-state index contributed by atoms with van der Waals surface area (Å²) >= 11 is 1.52. The molecule has 0 bridgehead atoms. The van der Waals surface area contributed by atoms with E-state index in [4.69, 9.17) is 5.73 Å². The highest BCUT2D eigenvalue weighted by Gasteiger charge is 2.07. The average Bonchev–Trinajstić information content (AvgIpc) is 3.14. The third-order valence-corrected chi connectivity index (χ3v) is 4.20. The zero-order valence-corrected chi connectivity index (χ0v) is 12.9. The van der Waals surface area contributed by atoms with Gasteiger partial charge in [0, 0.05) is 23.0 Å². The first-order chi connectivity index (χ1) is 10.6. The smallest absolute Gasteiger partial charge is 0.249 e. The van der Waals surface area contributed by atoms with Crippen molar-refractivity contribution in [2.24, 2.45) is 5.73 Å². The van der Waals surface area contributed by atoms with E-state index in [1.807, 2.05) is 54.2 Å². The van der Waals surface area contributed by atoms with Crippen LogP contribution in [-0.2, 0) is 6.54 Å². The van der Waals surface area contributed by atoms with Crippen LogP contribution in [0, 0.1) is 6.92 Å². The van der Waals surface area contributed by atoms with E-state index in [1.165, 1.54) is 11.3 Å². The number of para-hydroxylation sites is 2. The highest BCUT2D eigenvalue weighted by atomic mass is 32.1. The van der Waals surface area contributed by atoms with Crippen LogP contribution in [0.5, 0.6) is 0 Å². The number of hydrogen-bond donors (Lipinski definition) is 2. The number of carbonyl (C=O) groups is 1. The second-order valence-corrected chi connectivity index (χ2v) is 5.93. The van der Waals surface area contributed by atoms with Crippen LogP contribution in [-0.4, -0.2) is 15.7 Å². The van der Waals surface area contributed by atoms with E-state index in [9.17, 15) is 4.79 Å². The van der Waals surface area contributed by atoms with Gasteiger partial charge in [0.15, 0.2) is 0 Å². The highest BCUT2D eigenvalue weighted by molar-refractivity contribution is 7.10. The summed E-state index contributed by atoms with van der Waals surface area (Å²) in [6, 6.07) is 11.8. The van der Waals surface area contributed by atoms with Crippen LogP contribution in [0.15, 0.2) is 48.0 Å². The first kappa shape index (κ1) is 14.3. The van der Waals surface area contributed by atoms with Crippen LogP contribution in [0.2, 0.25) is 0 Å². The molecule has 0 aliphatic carbocycles. The normalized spacial score (nSPS) is 10.6. The summed E-state index contributed by atoms with van der Waals surface area (Å²) in [7, 11) is 0. The third-order valence-electron chi connectivity index (χ3n) is 3.26. The number of anilines is 1. The number of aromatic nitrogens is 2. The zero-order chi connectivity index (χ0) is 15.5. The van der Waals surface area contributed by atoms with E-state index in [2.05, 4.69) is 10.4 Å². The number of rotatable bonds is 5. The minimum atomic E-state index is -0.394. The van der Waals surface area contributed by atoms with Crippen molar-refractivity contribution in [3.8, 4) is 5.69 Å². The van der Waals surface area contributed by atoms with Gasteiger partial charge in [-0.25, -0.2) is 4.68 Å². The molecule has 1 amide bonds. The van der Waals surface area contributed by atoms with Crippen molar-refractivity contribution >= 4 is 22.9 Å². The van der Waals surface area contributed by atoms with Gasteiger partial charge in [0.2, 0.25) is 5.91 Å². The van der Waals surface area contributed by atoms with Crippen molar-refractivity contribution in [3.05, 3.63) is 64.1 Å². The molecule has 0 radical (unpaired) electrons. The number of nitrogens with two attached hydrogens (primary N) is 1. The van der Waals surface area contributed by atoms with Crippen LogP contribution >= 0.6 is 11.3 Å². The fourth-order valence-electron chi connectivity index (χ4n) is 2.16. The van der Waals surface area contributed by atoms with E-state index in [1.54, 1.807) is 5.38 Å². The Bertz CT molecular complexity index is 806. The molecular formula is C16H16N4OS. The van der Waals surface area contributed by atoms with E-state index in [0.717, 1.165) is 21.9 Å². The molecule has 0 saturated carbocycles. The lowest BCUT2D eigenvalue weighted by Crippen LogP contribution is -2.09. The van der Waals surface area contributed by atoms with Crippen molar-refractivity contribution in [3.63, 3.8) is 0 Å². The predicted molar refractivity (Wildman–Crippen MR) is 88.5 cm³/mol. The van der Waals surface area contributed by atoms with Crippen molar-refractivity contribution < 1.29 is 4.79 Å². The maximum atomic E-state index is 11.1. The first-order valence-electron chi connectivity index (χ1n) is 6.86. The Morgan fingerprint density at radius 2 is 2.18 bits per heavy atom. The summed E-state index contributed by atoms with van der Waals surface area (Å²) in [6.07, 6.45) is 1.94. The number of benzene rings is 1. The standard InChI is InChI=1S/C16H16N4OS/c1-11-6-7-20(19-11)15-5-3-2-4-14(15)18-9-13-8-12(10-22-13)16(17)21/h2-8,10,18H,9H2,1H3,(H2,17,21). The van der Waals surface area contributed by atoms with Gasteiger partial charge >= 0.3 is 0 Å². The number of nitrogens with one attached hydrogen (secondary N) is 1. The molecule has 2 aromatic heterocycles. The van der Waals surface area contributed by atoms with Gasteiger partial charge in [0.1, 0.15) is 0 Å². The summed E-state index contributed by atoms with van der Waals surface area (Å²) in [5.41, 5.74) is 8.77. The summed E-state index contributed by atoms with van der Waals surface area (Å²) in [6.45, 7) is 2.60. The number of aryl methyl sites for hydroxylation is 1. The topological polar surface area (TPSA) is 72.9 Å². The number of hydrogen-bond acceptors (Lipinski definition) is 4. The Morgan fingerprint density at radius 1 is 1.36 bits per heavy atom. The molecule has 0 aliphatic heterocycles. The summed E-state index contributed by atoms with van der Waals surface area (Å²) in [4.78, 5) is 12.2. The van der Waals surface area contributed by atoms with Gasteiger partial charge < -0.3 is 11.1 Å². The molecule has 0 saturated heterocycles. The largest absolute Gasteiger partial charge is 0.378 e. The van der Waals surface area contributed by atoms with Crippen molar-refractivity contribution in [2.75, 3.05) is 5.32 Å². The monoisotopic (exact) mass is 312 g/mol. The van der Waals surface area contributed by atoms with Crippen molar-refractivity contribution in [2.45, 2.75) is 13.5 Å². The lowest BCUT2D eigenvalue weighted by molar-refractivity contribution is 0.100. The Labute approximate surface area is 132 Å². The number of amides is 1. The Morgan fingerprint density at radius 3 is 2.86 bits per heavy atom. The molecule has 1 aromatic carbocycles. The molecule has 3 aromatic rings. The van der Waals surface area contributed by atoms with Crippen LogP contribution in [0.1, 0.15) is 20.9 Å². The van der Waals surface area contributed by atoms with E-state index < -0.39 is 5.91 Å². The summed E-state index contributed by atoms with van der Waals surface area (Å²) < 4.78 is 1.85. The molecule has 0 aliphatic rings. The first-order valence-corrected chi connectivity index (χ1v) is 7.74. The second-order valence-electron chi connectivity index (χ2n) is 4.94. The van der Waals surface area contributed by atoms with Crippen LogP contribution in [0.4, 0.5) is 5.69 Å². The Hall–Kier alpha value is -2.60. The molecular weight excluding hydrogens is 296 g/mol. The minimum Gasteiger partial charge on any atom is -0.378 e. The molecule has 0 atom stereocenters. The Balaban J connectivity index is 1.79. The molecule has 0 unspecified atom stereocenters.